The molecule has 2 bridgehead atoms. The number of carbonyl (C=O) groups is 2. The Bertz CT molecular complexity index is 948. The smallest absolute Gasteiger partial charge is 0.255 e. The van der Waals surface area contributed by atoms with Crippen LogP contribution in [0.25, 0.3) is 0 Å². The number of amides is 2. The van der Waals surface area contributed by atoms with Crippen molar-refractivity contribution in [1.82, 2.24) is 15.1 Å². The summed E-state index contributed by atoms with van der Waals surface area (Å²) in [5.41, 5.74) is 2.40. The summed E-state index contributed by atoms with van der Waals surface area (Å²) in [5.74, 6) is 2.46. The zero-order valence-electron chi connectivity index (χ0n) is 18.7. The van der Waals surface area contributed by atoms with Crippen molar-refractivity contribution in [2.75, 3.05) is 13.1 Å². The van der Waals surface area contributed by atoms with E-state index in [2.05, 4.69) is 16.8 Å². The van der Waals surface area contributed by atoms with Crippen LogP contribution in [0.3, 0.4) is 0 Å². The standard InChI is InChI=1S/C26H33N3O3/c1-16-5-10-23(25(30)27-16)29-15-19-12-20(8-9-21(19)26(29)31)32-24-4-2-3-22(24)28-13-17-6-7-18(11-17)14-28/h8-9,12,17-18,22-24H,1-7,10-11,13-15H2,(H,27,30)/t17?,18?,22-,23?,24+/m0/s1. The van der Waals surface area contributed by atoms with Crippen LogP contribution >= 0.6 is 0 Å². The zero-order valence-corrected chi connectivity index (χ0v) is 18.7. The van der Waals surface area contributed by atoms with Gasteiger partial charge in [0, 0.05) is 36.9 Å². The van der Waals surface area contributed by atoms with Crippen LogP contribution in [0.5, 0.6) is 5.75 Å². The molecule has 2 saturated heterocycles. The molecule has 1 N–H and O–H groups in total. The van der Waals surface area contributed by atoms with E-state index in [0.717, 1.165) is 35.3 Å². The van der Waals surface area contributed by atoms with Gasteiger partial charge < -0.3 is 15.0 Å². The number of fused-ring (bicyclic) bond motifs is 3. The number of hydrogen-bond donors (Lipinski definition) is 1. The molecule has 1 aromatic rings. The van der Waals surface area contributed by atoms with Gasteiger partial charge >= 0.3 is 0 Å². The molecule has 3 unspecified atom stereocenters. The first-order valence-corrected chi connectivity index (χ1v) is 12.4. The van der Waals surface area contributed by atoms with Gasteiger partial charge in [0.05, 0.1) is 0 Å². The molecule has 0 radical (unpaired) electrons. The molecule has 1 aromatic carbocycles. The lowest BCUT2D eigenvalue weighted by atomic mass is 9.96. The molecule has 6 nitrogen and oxygen atoms in total. The Kier molecular flexibility index (Phi) is 5.01. The number of rotatable bonds is 4. The largest absolute Gasteiger partial charge is 0.489 e. The third kappa shape index (κ3) is 3.53. The molecular formula is C26H33N3O3. The van der Waals surface area contributed by atoms with Crippen molar-refractivity contribution in [1.29, 1.82) is 0 Å². The molecular weight excluding hydrogens is 402 g/mol. The normalized spacial score (nSPS) is 34.7. The molecule has 0 aromatic heterocycles. The lowest BCUT2D eigenvalue weighted by Gasteiger charge is -2.38. The predicted octanol–water partition coefficient (Wildman–Crippen LogP) is 3.47. The topological polar surface area (TPSA) is 61.9 Å². The highest BCUT2D eigenvalue weighted by molar-refractivity contribution is 6.01. The van der Waals surface area contributed by atoms with Gasteiger partial charge in [-0.15, -0.1) is 0 Å². The van der Waals surface area contributed by atoms with E-state index < -0.39 is 6.04 Å². The highest BCUT2D eigenvalue weighted by Gasteiger charge is 2.41. The second-order valence-electron chi connectivity index (χ2n) is 10.6. The van der Waals surface area contributed by atoms with Crippen molar-refractivity contribution >= 4 is 11.8 Å². The first kappa shape index (κ1) is 20.3. The number of carbonyl (C=O) groups excluding carboxylic acids is 2. The van der Waals surface area contributed by atoms with Crippen LogP contribution in [0, 0.1) is 11.8 Å². The van der Waals surface area contributed by atoms with E-state index in [1.807, 2.05) is 18.2 Å². The molecule has 0 spiro atoms. The van der Waals surface area contributed by atoms with Crippen molar-refractivity contribution in [2.45, 2.75) is 76.1 Å². The third-order valence-electron chi connectivity index (χ3n) is 8.42. The van der Waals surface area contributed by atoms with Gasteiger partial charge in [0.2, 0.25) is 5.91 Å². The van der Waals surface area contributed by atoms with Gasteiger partial charge in [0.25, 0.3) is 5.91 Å². The van der Waals surface area contributed by atoms with Crippen LogP contribution in [0.15, 0.2) is 30.5 Å². The van der Waals surface area contributed by atoms with Crippen molar-refractivity contribution in [3.05, 3.63) is 41.6 Å². The maximum Gasteiger partial charge on any atom is 0.255 e. The number of nitrogens with one attached hydrogen (secondary N) is 1. The summed E-state index contributed by atoms with van der Waals surface area (Å²) in [6.07, 6.45) is 9.37. The highest BCUT2D eigenvalue weighted by Crippen LogP contribution is 2.40. The number of nitrogens with zero attached hydrogens (tertiary/aromatic N) is 2. The number of allylic oxidation sites excluding steroid dienone is 1. The summed E-state index contributed by atoms with van der Waals surface area (Å²) in [4.78, 5) is 29.8. The number of likely N-dealkylation sites (tertiary alicyclic amines) is 1. The summed E-state index contributed by atoms with van der Waals surface area (Å²) in [6.45, 7) is 6.79. The Morgan fingerprint density at radius 1 is 1.03 bits per heavy atom. The van der Waals surface area contributed by atoms with Crippen molar-refractivity contribution in [2.24, 2.45) is 11.8 Å². The Hall–Kier alpha value is -2.34. The van der Waals surface area contributed by atoms with Gasteiger partial charge in [0.15, 0.2) is 0 Å². The van der Waals surface area contributed by atoms with Crippen LogP contribution in [0.4, 0.5) is 0 Å². The zero-order chi connectivity index (χ0) is 21.8. The van der Waals surface area contributed by atoms with E-state index in [1.165, 1.54) is 45.2 Å². The second-order valence-corrected chi connectivity index (χ2v) is 10.6. The molecule has 5 atom stereocenters. The van der Waals surface area contributed by atoms with Gasteiger partial charge in [-0.25, -0.2) is 0 Å². The summed E-state index contributed by atoms with van der Waals surface area (Å²) < 4.78 is 6.55. The Morgan fingerprint density at radius 3 is 2.62 bits per heavy atom. The predicted molar refractivity (Wildman–Crippen MR) is 121 cm³/mol. The van der Waals surface area contributed by atoms with Crippen molar-refractivity contribution in [3.8, 4) is 5.75 Å². The number of piperidine rings is 2. The van der Waals surface area contributed by atoms with Crippen LogP contribution < -0.4 is 10.1 Å². The Morgan fingerprint density at radius 2 is 1.84 bits per heavy atom. The lowest BCUT2D eigenvalue weighted by molar-refractivity contribution is -0.126. The van der Waals surface area contributed by atoms with Crippen LogP contribution in [0.1, 0.15) is 67.3 Å². The SMILES string of the molecule is C=C1CCC(N2Cc3cc(O[C@@H]4CCC[C@@H]4N4CC5CCC(C5)C4)ccc3C2=O)C(=O)N1. The van der Waals surface area contributed by atoms with Gasteiger partial charge in [-0.2, -0.15) is 0 Å². The molecule has 3 aliphatic heterocycles. The molecule has 4 fully saturated rings. The van der Waals surface area contributed by atoms with E-state index in [0.29, 0.717) is 31.0 Å². The molecule has 6 rings (SSSR count). The molecule has 170 valence electrons. The number of ether oxygens (including phenoxy) is 1. The first-order chi connectivity index (χ1) is 15.5. The fourth-order valence-electron chi connectivity index (χ4n) is 6.86. The molecule has 5 aliphatic rings. The minimum Gasteiger partial charge on any atom is -0.489 e. The number of hydrogen-bond acceptors (Lipinski definition) is 4. The van der Waals surface area contributed by atoms with Crippen molar-refractivity contribution < 1.29 is 14.3 Å². The van der Waals surface area contributed by atoms with Crippen LogP contribution in [0.2, 0.25) is 0 Å². The van der Waals surface area contributed by atoms with E-state index in [4.69, 9.17) is 4.74 Å². The molecule has 2 saturated carbocycles. The van der Waals surface area contributed by atoms with Gasteiger partial charge in [-0.3, -0.25) is 14.5 Å². The minimum absolute atomic E-state index is 0.0539. The lowest BCUT2D eigenvalue weighted by Crippen LogP contribution is -2.49. The van der Waals surface area contributed by atoms with Crippen LogP contribution in [-0.2, 0) is 11.3 Å². The highest BCUT2D eigenvalue weighted by atomic mass is 16.5. The average molecular weight is 436 g/mol. The summed E-state index contributed by atoms with van der Waals surface area (Å²) in [7, 11) is 0. The molecule has 2 aliphatic carbocycles. The Labute approximate surface area is 190 Å². The monoisotopic (exact) mass is 435 g/mol. The third-order valence-corrected chi connectivity index (χ3v) is 8.42. The first-order valence-electron chi connectivity index (χ1n) is 12.4. The van der Waals surface area contributed by atoms with E-state index in [9.17, 15) is 9.59 Å². The number of benzene rings is 1. The van der Waals surface area contributed by atoms with Gasteiger partial charge in [0.1, 0.15) is 17.9 Å². The van der Waals surface area contributed by atoms with Gasteiger partial charge in [-0.1, -0.05) is 6.58 Å². The molecule has 3 heterocycles. The molecule has 6 heteroatoms. The molecule has 2 amide bonds. The summed E-state index contributed by atoms with van der Waals surface area (Å²) in [5, 5.41) is 2.80. The van der Waals surface area contributed by atoms with Crippen LogP contribution in [-0.4, -0.2) is 52.9 Å². The van der Waals surface area contributed by atoms with Gasteiger partial charge in [-0.05, 0) is 87.0 Å². The van der Waals surface area contributed by atoms with E-state index in [1.54, 1.807) is 4.90 Å². The minimum atomic E-state index is -0.418. The van der Waals surface area contributed by atoms with E-state index in [-0.39, 0.29) is 17.9 Å². The Balaban J connectivity index is 1.15. The average Bonchev–Trinajstić information content (AvgIpc) is 3.46. The summed E-state index contributed by atoms with van der Waals surface area (Å²) >= 11 is 0. The van der Waals surface area contributed by atoms with E-state index >= 15 is 0 Å². The molecule has 32 heavy (non-hydrogen) atoms. The quantitative estimate of drug-likeness (QED) is 0.787. The maximum absolute atomic E-state index is 13.0. The summed E-state index contributed by atoms with van der Waals surface area (Å²) in [6, 6.07) is 5.96. The fourth-order valence-corrected chi connectivity index (χ4v) is 6.86. The second kappa shape index (κ2) is 7.91. The maximum atomic E-state index is 13.0. The fraction of sp³-hybridized carbons (Fsp3) is 0.615. The van der Waals surface area contributed by atoms with Crippen molar-refractivity contribution in [3.63, 3.8) is 0 Å².